The van der Waals surface area contributed by atoms with Gasteiger partial charge in [0.2, 0.25) is 0 Å². The third kappa shape index (κ3) is 3.97. The molecule has 1 amide bonds. The van der Waals surface area contributed by atoms with Gasteiger partial charge in [-0.2, -0.15) is 0 Å². The highest BCUT2D eigenvalue weighted by Gasteiger charge is 2.32. The summed E-state index contributed by atoms with van der Waals surface area (Å²) in [6.45, 7) is -0.107. The molecule has 1 aliphatic carbocycles. The zero-order valence-corrected chi connectivity index (χ0v) is 17.3. The zero-order chi connectivity index (χ0) is 21.3. The van der Waals surface area contributed by atoms with Crippen LogP contribution in [0.15, 0.2) is 47.4 Å². The SMILES string of the molecule is COc1ccc(S(=O)(=O)N2CCc3ccccc32)cc1C(=O)OCC(=O)NC1CC1. The molecule has 0 saturated heterocycles. The number of ether oxygens (including phenoxy) is 2. The van der Waals surface area contributed by atoms with E-state index in [9.17, 15) is 18.0 Å². The first-order valence-corrected chi connectivity index (χ1v) is 11.1. The van der Waals surface area contributed by atoms with Crippen molar-refractivity contribution < 1.29 is 27.5 Å². The Balaban J connectivity index is 1.57. The number of hydrogen-bond donors (Lipinski definition) is 1. The normalized spacial score (nSPS) is 15.4. The summed E-state index contributed by atoms with van der Waals surface area (Å²) < 4.78 is 38.1. The van der Waals surface area contributed by atoms with Crippen LogP contribution in [-0.2, 0) is 26.0 Å². The van der Waals surface area contributed by atoms with Gasteiger partial charge in [-0.3, -0.25) is 9.10 Å². The second kappa shape index (κ2) is 7.98. The molecule has 30 heavy (non-hydrogen) atoms. The van der Waals surface area contributed by atoms with E-state index in [1.165, 1.54) is 29.6 Å². The molecule has 0 radical (unpaired) electrons. The molecule has 9 heteroatoms. The minimum atomic E-state index is -3.88. The van der Waals surface area contributed by atoms with Crippen molar-refractivity contribution in [3.8, 4) is 5.75 Å². The molecule has 2 aromatic rings. The van der Waals surface area contributed by atoms with E-state index in [1.807, 2.05) is 12.1 Å². The summed E-state index contributed by atoms with van der Waals surface area (Å²) in [5, 5.41) is 2.72. The van der Waals surface area contributed by atoms with E-state index < -0.39 is 22.6 Å². The summed E-state index contributed by atoms with van der Waals surface area (Å²) in [4.78, 5) is 24.3. The Morgan fingerprint density at radius 2 is 1.93 bits per heavy atom. The standard InChI is InChI=1S/C21H22N2O6S/c1-28-19-9-8-16(12-17(19)21(25)29-13-20(24)22-15-6-7-15)30(26,27)23-11-10-14-4-2-3-5-18(14)23/h2-5,8-9,12,15H,6-7,10-11,13H2,1H3,(H,22,24). The predicted molar refractivity (Wildman–Crippen MR) is 109 cm³/mol. The van der Waals surface area contributed by atoms with Crippen molar-refractivity contribution in [2.75, 3.05) is 24.6 Å². The lowest BCUT2D eigenvalue weighted by Gasteiger charge is -2.20. The van der Waals surface area contributed by atoms with Gasteiger partial charge in [0, 0.05) is 12.6 Å². The van der Waals surface area contributed by atoms with E-state index in [2.05, 4.69) is 5.32 Å². The fourth-order valence-electron chi connectivity index (χ4n) is 3.40. The van der Waals surface area contributed by atoms with Crippen LogP contribution in [0.2, 0.25) is 0 Å². The lowest BCUT2D eigenvalue weighted by Crippen LogP contribution is -2.31. The van der Waals surface area contributed by atoms with Crippen LogP contribution in [0.5, 0.6) is 5.75 Å². The number of hydrogen-bond acceptors (Lipinski definition) is 6. The number of fused-ring (bicyclic) bond motifs is 1. The molecule has 0 spiro atoms. The molecule has 4 rings (SSSR count). The quantitative estimate of drug-likeness (QED) is 0.673. The van der Waals surface area contributed by atoms with Crippen LogP contribution in [0, 0.1) is 0 Å². The molecule has 0 bridgehead atoms. The van der Waals surface area contributed by atoms with E-state index in [0.717, 1.165) is 18.4 Å². The van der Waals surface area contributed by atoms with E-state index >= 15 is 0 Å². The summed E-state index contributed by atoms with van der Waals surface area (Å²) in [6.07, 6.45) is 2.47. The first-order chi connectivity index (χ1) is 14.4. The lowest BCUT2D eigenvalue weighted by atomic mass is 10.2. The second-order valence-electron chi connectivity index (χ2n) is 7.24. The Bertz CT molecular complexity index is 1090. The number of esters is 1. The van der Waals surface area contributed by atoms with Crippen LogP contribution in [0.1, 0.15) is 28.8 Å². The third-order valence-electron chi connectivity index (χ3n) is 5.10. The van der Waals surface area contributed by atoms with Crippen LogP contribution in [0.25, 0.3) is 0 Å². The zero-order valence-electron chi connectivity index (χ0n) is 16.5. The average Bonchev–Trinajstić information content (AvgIpc) is 3.45. The van der Waals surface area contributed by atoms with E-state index in [4.69, 9.17) is 9.47 Å². The number of carbonyl (C=O) groups excluding carboxylic acids is 2. The van der Waals surface area contributed by atoms with Gasteiger partial charge in [0.25, 0.3) is 15.9 Å². The number of anilines is 1. The van der Waals surface area contributed by atoms with E-state index in [0.29, 0.717) is 18.7 Å². The average molecular weight is 430 g/mol. The number of methoxy groups -OCH3 is 1. The highest BCUT2D eigenvalue weighted by atomic mass is 32.2. The molecule has 158 valence electrons. The van der Waals surface area contributed by atoms with Crippen molar-refractivity contribution in [1.29, 1.82) is 0 Å². The van der Waals surface area contributed by atoms with Gasteiger partial charge < -0.3 is 14.8 Å². The van der Waals surface area contributed by atoms with Crippen molar-refractivity contribution in [2.45, 2.75) is 30.2 Å². The molecule has 1 heterocycles. The molecule has 0 atom stereocenters. The smallest absolute Gasteiger partial charge is 0.342 e. The van der Waals surface area contributed by atoms with Crippen LogP contribution in [0.3, 0.4) is 0 Å². The Hall–Kier alpha value is -3.07. The monoisotopic (exact) mass is 430 g/mol. The Morgan fingerprint density at radius 3 is 2.67 bits per heavy atom. The minimum absolute atomic E-state index is 0.0469. The first kappa shape index (κ1) is 20.2. The van der Waals surface area contributed by atoms with E-state index in [-0.39, 0.29) is 28.2 Å². The molecule has 0 unspecified atom stereocenters. The van der Waals surface area contributed by atoms with Crippen molar-refractivity contribution in [3.63, 3.8) is 0 Å². The lowest BCUT2D eigenvalue weighted by molar-refractivity contribution is -0.124. The molecule has 8 nitrogen and oxygen atoms in total. The topological polar surface area (TPSA) is 102 Å². The van der Waals surface area contributed by atoms with Gasteiger partial charge in [-0.1, -0.05) is 18.2 Å². The van der Waals surface area contributed by atoms with Crippen molar-refractivity contribution >= 4 is 27.6 Å². The summed E-state index contributed by atoms with van der Waals surface area (Å²) in [6, 6.07) is 11.5. The maximum atomic E-state index is 13.2. The molecular formula is C21H22N2O6S. The maximum Gasteiger partial charge on any atom is 0.342 e. The van der Waals surface area contributed by atoms with Crippen LogP contribution in [0.4, 0.5) is 5.69 Å². The van der Waals surface area contributed by atoms with Gasteiger partial charge in [0.05, 0.1) is 17.7 Å². The van der Waals surface area contributed by atoms with Gasteiger partial charge in [-0.15, -0.1) is 0 Å². The van der Waals surface area contributed by atoms with Gasteiger partial charge in [0.1, 0.15) is 11.3 Å². The van der Waals surface area contributed by atoms with Crippen molar-refractivity contribution in [2.24, 2.45) is 0 Å². The van der Waals surface area contributed by atoms with Crippen LogP contribution in [-0.4, -0.2) is 46.6 Å². The maximum absolute atomic E-state index is 13.2. The Kier molecular flexibility index (Phi) is 5.38. The number of para-hydroxylation sites is 1. The summed E-state index contributed by atoms with van der Waals surface area (Å²) in [5.41, 5.74) is 1.54. The molecule has 1 N–H and O–H groups in total. The molecular weight excluding hydrogens is 408 g/mol. The fourth-order valence-corrected chi connectivity index (χ4v) is 4.93. The highest BCUT2D eigenvalue weighted by Crippen LogP contribution is 2.34. The Morgan fingerprint density at radius 1 is 1.17 bits per heavy atom. The van der Waals surface area contributed by atoms with E-state index in [1.54, 1.807) is 12.1 Å². The number of nitrogens with one attached hydrogen (secondary N) is 1. The highest BCUT2D eigenvalue weighted by molar-refractivity contribution is 7.92. The van der Waals surface area contributed by atoms with Crippen LogP contribution >= 0.6 is 0 Å². The molecule has 1 fully saturated rings. The van der Waals surface area contributed by atoms with Gasteiger partial charge in [-0.05, 0) is 49.1 Å². The number of carbonyl (C=O) groups is 2. The predicted octanol–water partition coefficient (Wildman–Crippen LogP) is 1.88. The number of sulfonamides is 1. The van der Waals surface area contributed by atoms with Gasteiger partial charge in [0.15, 0.2) is 6.61 Å². The third-order valence-corrected chi connectivity index (χ3v) is 6.91. The molecule has 0 aromatic heterocycles. The largest absolute Gasteiger partial charge is 0.496 e. The van der Waals surface area contributed by atoms with Crippen molar-refractivity contribution in [3.05, 3.63) is 53.6 Å². The van der Waals surface area contributed by atoms with Crippen molar-refractivity contribution in [1.82, 2.24) is 5.32 Å². The second-order valence-corrected chi connectivity index (χ2v) is 9.10. The summed E-state index contributed by atoms with van der Waals surface area (Å²) >= 11 is 0. The molecule has 2 aliphatic rings. The first-order valence-electron chi connectivity index (χ1n) is 9.65. The summed E-state index contributed by atoms with van der Waals surface area (Å²) in [5.74, 6) is -1.04. The minimum Gasteiger partial charge on any atom is -0.496 e. The molecule has 2 aromatic carbocycles. The van der Waals surface area contributed by atoms with Crippen LogP contribution < -0.4 is 14.4 Å². The van der Waals surface area contributed by atoms with Gasteiger partial charge >= 0.3 is 5.97 Å². The molecule has 1 saturated carbocycles. The van der Waals surface area contributed by atoms with Gasteiger partial charge in [-0.25, -0.2) is 13.2 Å². The fraction of sp³-hybridized carbons (Fsp3) is 0.333. The number of amides is 1. The Labute approximate surface area is 174 Å². The number of benzene rings is 2. The molecule has 1 aliphatic heterocycles. The summed E-state index contributed by atoms with van der Waals surface area (Å²) in [7, 11) is -2.51. The number of rotatable bonds is 7. The number of nitrogens with zero attached hydrogens (tertiary/aromatic N) is 1.